The highest BCUT2D eigenvalue weighted by Gasteiger charge is 2.37. The van der Waals surface area contributed by atoms with E-state index in [0.29, 0.717) is 19.5 Å². The van der Waals surface area contributed by atoms with E-state index < -0.39 is 6.04 Å². The molecule has 1 aromatic rings. The quantitative estimate of drug-likeness (QED) is 0.927. The minimum atomic E-state index is -0.430. The van der Waals surface area contributed by atoms with Gasteiger partial charge in [-0.3, -0.25) is 9.59 Å². The number of thiophene rings is 1. The summed E-state index contributed by atoms with van der Waals surface area (Å²) in [6.45, 7) is 7.15. The predicted octanol–water partition coefficient (Wildman–Crippen LogP) is 2.05. The third-order valence-corrected chi connectivity index (χ3v) is 4.48. The summed E-state index contributed by atoms with van der Waals surface area (Å²) in [5.74, 6) is 0.0109. The molecule has 1 atom stereocenters. The maximum atomic E-state index is 12.6. The van der Waals surface area contributed by atoms with Gasteiger partial charge in [-0.15, -0.1) is 11.3 Å². The van der Waals surface area contributed by atoms with E-state index in [1.165, 1.54) is 4.88 Å². The van der Waals surface area contributed by atoms with Gasteiger partial charge in [0, 0.05) is 24.4 Å². The van der Waals surface area contributed by atoms with Crippen molar-refractivity contribution in [3.63, 3.8) is 0 Å². The van der Waals surface area contributed by atoms with Crippen LogP contribution in [-0.4, -0.2) is 35.8 Å². The molecule has 0 aromatic carbocycles. The zero-order valence-electron chi connectivity index (χ0n) is 12.3. The van der Waals surface area contributed by atoms with Crippen molar-refractivity contribution in [2.45, 2.75) is 39.7 Å². The SMILES string of the molecule is CC(C)(C)C1NC(=O)CCN(CCc2cccs2)C1=O. The molecular formula is C15H22N2O2S. The highest BCUT2D eigenvalue weighted by atomic mass is 32.1. The zero-order valence-corrected chi connectivity index (χ0v) is 13.1. The standard InChI is InChI=1S/C15H22N2O2S/c1-15(2,3)13-14(19)17(9-7-12(18)16-13)8-6-11-5-4-10-20-11/h4-5,10,13H,6-9H2,1-3H3,(H,16,18). The number of amides is 2. The Balaban J connectivity index is 2.07. The molecule has 0 bridgehead atoms. The van der Waals surface area contributed by atoms with E-state index in [0.717, 1.165) is 6.42 Å². The van der Waals surface area contributed by atoms with Crippen LogP contribution in [0.2, 0.25) is 0 Å². The summed E-state index contributed by atoms with van der Waals surface area (Å²) in [4.78, 5) is 27.5. The van der Waals surface area contributed by atoms with E-state index >= 15 is 0 Å². The van der Waals surface area contributed by atoms with Gasteiger partial charge in [-0.25, -0.2) is 0 Å². The fourth-order valence-corrected chi connectivity index (χ4v) is 3.03. The topological polar surface area (TPSA) is 49.4 Å². The van der Waals surface area contributed by atoms with Gasteiger partial charge >= 0.3 is 0 Å². The lowest BCUT2D eigenvalue weighted by Crippen LogP contribution is -2.52. The molecular weight excluding hydrogens is 272 g/mol. The normalized spacial score (nSPS) is 20.8. The fourth-order valence-electron chi connectivity index (χ4n) is 2.33. The molecule has 0 spiro atoms. The Morgan fingerprint density at radius 1 is 1.40 bits per heavy atom. The predicted molar refractivity (Wildman–Crippen MR) is 80.6 cm³/mol. The van der Waals surface area contributed by atoms with E-state index in [9.17, 15) is 9.59 Å². The monoisotopic (exact) mass is 294 g/mol. The van der Waals surface area contributed by atoms with Crippen molar-refractivity contribution in [1.29, 1.82) is 0 Å². The number of rotatable bonds is 3. The number of hydrogen-bond acceptors (Lipinski definition) is 3. The first-order chi connectivity index (χ1) is 9.38. The van der Waals surface area contributed by atoms with Crippen LogP contribution in [0.5, 0.6) is 0 Å². The molecule has 0 aliphatic carbocycles. The van der Waals surface area contributed by atoms with Crippen molar-refractivity contribution in [2.24, 2.45) is 5.41 Å². The second kappa shape index (κ2) is 5.95. The van der Waals surface area contributed by atoms with Crippen molar-refractivity contribution >= 4 is 23.2 Å². The molecule has 20 heavy (non-hydrogen) atoms. The number of hydrogen-bond donors (Lipinski definition) is 1. The molecule has 0 saturated carbocycles. The molecule has 2 heterocycles. The first-order valence-electron chi connectivity index (χ1n) is 6.98. The molecule has 1 aromatic heterocycles. The fraction of sp³-hybridized carbons (Fsp3) is 0.600. The summed E-state index contributed by atoms with van der Waals surface area (Å²) in [6.07, 6.45) is 1.25. The Bertz CT molecular complexity index is 477. The first kappa shape index (κ1) is 15.0. The molecule has 1 aliphatic heterocycles. The van der Waals surface area contributed by atoms with Crippen LogP contribution in [0.15, 0.2) is 17.5 Å². The Kier molecular flexibility index (Phi) is 4.48. The maximum absolute atomic E-state index is 12.6. The Morgan fingerprint density at radius 3 is 2.75 bits per heavy atom. The van der Waals surface area contributed by atoms with Crippen LogP contribution in [0.1, 0.15) is 32.1 Å². The van der Waals surface area contributed by atoms with Gasteiger partial charge in [0.1, 0.15) is 6.04 Å². The van der Waals surface area contributed by atoms with Crippen LogP contribution in [0.25, 0.3) is 0 Å². The lowest BCUT2D eigenvalue weighted by molar-refractivity contribution is -0.136. The summed E-state index contributed by atoms with van der Waals surface area (Å²) < 4.78 is 0. The Labute approximate surface area is 124 Å². The minimum Gasteiger partial charge on any atom is -0.344 e. The molecule has 0 radical (unpaired) electrons. The van der Waals surface area contributed by atoms with Gasteiger partial charge in [0.15, 0.2) is 0 Å². The smallest absolute Gasteiger partial charge is 0.245 e. The Hall–Kier alpha value is -1.36. The van der Waals surface area contributed by atoms with E-state index in [1.807, 2.05) is 37.1 Å². The average molecular weight is 294 g/mol. The van der Waals surface area contributed by atoms with E-state index in [2.05, 4.69) is 11.4 Å². The lowest BCUT2D eigenvalue weighted by atomic mass is 9.86. The molecule has 4 nitrogen and oxygen atoms in total. The largest absolute Gasteiger partial charge is 0.344 e. The molecule has 110 valence electrons. The van der Waals surface area contributed by atoms with Gasteiger partial charge in [-0.2, -0.15) is 0 Å². The van der Waals surface area contributed by atoms with Crippen molar-refractivity contribution in [1.82, 2.24) is 10.2 Å². The second-order valence-electron chi connectivity index (χ2n) is 6.27. The lowest BCUT2D eigenvalue weighted by Gasteiger charge is -2.32. The van der Waals surface area contributed by atoms with Gasteiger partial charge in [0.25, 0.3) is 0 Å². The van der Waals surface area contributed by atoms with Crippen LogP contribution in [-0.2, 0) is 16.0 Å². The zero-order chi connectivity index (χ0) is 14.8. The molecule has 1 N–H and O–H groups in total. The third-order valence-electron chi connectivity index (χ3n) is 3.55. The average Bonchev–Trinajstić information content (AvgIpc) is 2.82. The van der Waals surface area contributed by atoms with Crippen LogP contribution < -0.4 is 5.32 Å². The summed E-state index contributed by atoms with van der Waals surface area (Å²) in [6, 6.07) is 3.67. The van der Waals surface area contributed by atoms with Gasteiger partial charge in [-0.1, -0.05) is 26.8 Å². The highest BCUT2D eigenvalue weighted by molar-refractivity contribution is 7.09. The first-order valence-corrected chi connectivity index (χ1v) is 7.86. The van der Waals surface area contributed by atoms with Crippen LogP contribution in [0, 0.1) is 5.41 Å². The van der Waals surface area contributed by atoms with Crippen molar-refractivity contribution in [3.05, 3.63) is 22.4 Å². The molecule has 5 heteroatoms. The van der Waals surface area contributed by atoms with E-state index in [-0.39, 0.29) is 17.2 Å². The van der Waals surface area contributed by atoms with Crippen LogP contribution in [0.3, 0.4) is 0 Å². The Morgan fingerprint density at radius 2 is 2.15 bits per heavy atom. The number of nitrogens with zero attached hydrogens (tertiary/aromatic N) is 1. The summed E-state index contributed by atoms with van der Waals surface area (Å²) in [5.41, 5.74) is -0.266. The van der Waals surface area contributed by atoms with Gasteiger partial charge in [0.05, 0.1) is 0 Å². The number of carbonyl (C=O) groups is 2. The van der Waals surface area contributed by atoms with E-state index in [4.69, 9.17) is 0 Å². The van der Waals surface area contributed by atoms with Crippen molar-refractivity contribution < 1.29 is 9.59 Å². The molecule has 2 amide bonds. The molecule has 1 fully saturated rings. The molecule has 1 aliphatic rings. The highest BCUT2D eigenvalue weighted by Crippen LogP contribution is 2.23. The van der Waals surface area contributed by atoms with Gasteiger partial charge < -0.3 is 10.2 Å². The van der Waals surface area contributed by atoms with Gasteiger partial charge in [0.2, 0.25) is 11.8 Å². The van der Waals surface area contributed by atoms with Crippen molar-refractivity contribution in [2.75, 3.05) is 13.1 Å². The van der Waals surface area contributed by atoms with Crippen LogP contribution >= 0.6 is 11.3 Å². The summed E-state index contributed by atoms with van der Waals surface area (Å²) in [5, 5.41) is 4.91. The second-order valence-corrected chi connectivity index (χ2v) is 7.30. The number of carbonyl (C=O) groups excluding carboxylic acids is 2. The maximum Gasteiger partial charge on any atom is 0.245 e. The van der Waals surface area contributed by atoms with E-state index in [1.54, 1.807) is 11.3 Å². The van der Waals surface area contributed by atoms with Crippen molar-refractivity contribution in [3.8, 4) is 0 Å². The molecule has 2 rings (SSSR count). The third kappa shape index (κ3) is 3.60. The molecule has 1 saturated heterocycles. The van der Waals surface area contributed by atoms with Gasteiger partial charge in [-0.05, 0) is 23.3 Å². The molecule has 1 unspecified atom stereocenters. The minimum absolute atomic E-state index is 0.0306. The van der Waals surface area contributed by atoms with Crippen LogP contribution in [0.4, 0.5) is 0 Å². The summed E-state index contributed by atoms with van der Waals surface area (Å²) in [7, 11) is 0. The number of nitrogens with one attached hydrogen (secondary N) is 1. The summed E-state index contributed by atoms with van der Waals surface area (Å²) >= 11 is 1.70.